The number of ether oxygens (including phenoxy) is 1. The van der Waals surface area contributed by atoms with E-state index in [4.69, 9.17) is 0 Å². The molecule has 2 atom stereocenters. The Labute approximate surface area is 100 Å². The molecule has 0 radical (unpaired) electrons. The average molecular weight is 262 g/mol. The molecular weight excluding hydrogens is 250 g/mol. The maximum absolute atomic E-state index is 12.9. The molecule has 1 aromatic rings. The van der Waals surface area contributed by atoms with Gasteiger partial charge in [-0.05, 0) is 18.2 Å². The van der Waals surface area contributed by atoms with Gasteiger partial charge in [0.15, 0.2) is 11.6 Å². The first-order valence-electron chi connectivity index (χ1n) is 4.87. The summed E-state index contributed by atoms with van der Waals surface area (Å²) in [5.41, 5.74) is 0. The molecule has 0 N–H and O–H groups in total. The van der Waals surface area contributed by atoms with Crippen molar-refractivity contribution < 1.29 is 22.5 Å². The predicted molar refractivity (Wildman–Crippen MR) is 58.8 cm³/mol. The lowest BCUT2D eigenvalue weighted by Crippen LogP contribution is -2.19. The Balaban J connectivity index is 2.76. The van der Waals surface area contributed by atoms with Gasteiger partial charge in [-0.2, -0.15) is 0 Å². The van der Waals surface area contributed by atoms with Crippen LogP contribution in [0.15, 0.2) is 23.1 Å². The number of benzene rings is 1. The van der Waals surface area contributed by atoms with E-state index in [-0.39, 0.29) is 10.6 Å². The van der Waals surface area contributed by atoms with Gasteiger partial charge in [0.05, 0.1) is 23.8 Å². The van der Waals surface area contributed by atoms with Crippen LogP contribution in [-0.4, -0.2) is 23.0 Å². The summed E-state index contributed by atoms with van der Waals surface area (Å²) < 4.78 is 41.8. The van der Waals surface area contributed by atoms with Gasteiger partial charge in [0, 0.05) is 10.6 Å². The number of esters is 1. The van der Waals surface area contributed by atoms with Crippen LogP contribution >= 0.6 is 0 Å². The third-order valence-electron chi connectivity index (χ3n) is 2.16. The van der Waals surface area contributed by atoms with E-state index in [1.54, 1.807) is 6.92 Å². The van der Waals surface area contributed by atoms with Crippen molar-refractivity contribution in [2.75, 3.05) is 12.9 Å². The molecule has 94 valence electrons. The fourth-order valence-corrected chi connectivity index (χ4v) is 2.45. The highest BCUT2D eigenvalue weighted by Crippen LogP contribution is 2.14. The zero-order chi connectivity index (χ0) is 13.0. The Bertz CT molecular complexity index is 448. The molecule has 3 nitrogen and oxygen atoms in total. The minimum Gasteiger partial charge on any atom is -0.469 e. The second-order valence-electron chi connectivity index (χ2n) is 3.51. The van der Waals surface area contributed by atoms with Crippen molar-refractivity contribution in [3.05, 3.63) is 29.8 Å². The Morgan fingerprint density at radius 2 is 2.06 bits per heavy atom. The number of carbonyl (C=O) groups excluding carboxylic acids is 1. The van der Waals surface area contributed by atoms with Gasteiger partial charge >= 0.3 is 5.97 Å². The number of rotatable bonds is 4. The highest BCUT2D eigenvalue weighted by atomic mass is 32.2. The van der Waals surface area contributed by atoms with Crippen molar-refractivity contribution in [3.63, 3.8) is 0 Å². The zero-order valence-corrected chi connectivity index (χ0v) is 10.2. The van der Waals surface area contributed by atoms with Gasteiger partial charge in [-0.1, -0.05) is 6.92 Å². The van der Waals surface area contributed by atoms with Crippen LogP contribution in [0.4, 0.5) is 8.78 Å². The summed E-state index contributed by atoms with van der Waals surface area (Å²) in [5.74, 6) is -3.08. The number of hydrogen-bond donors (Lipinski definition) is 0. The largest absolute Gasteiger partial charge is 0.469 e. The lowest BCUT2D eigenvalue weighted by Gasteiger charge is -2.08. The maximum atomic E-state index is 12.9. The second kappa shape index (κ2) is 5.86. The molecule has 0 heterocycles. The van der Waals surface area contributed by atoms with E-state index in [2.05, 4.69) is 4.74 Å². The smallest absolute Gasteiger partial charge is 0.309 e. The van der Waals surface area contributed by atoms with Gasteiger partial charge in [0.1, 0.15) is 0 Å². The summed E-state index contributed by atoms with van der Waals surface area (Å²) in [7, 11) is -0.326. The first-order chi connectivity index (χ1) is 7.95. The van der Waals surface area contributed by atoms with Crippen molar-refractivity contribution >= 4 is 16.8 Å². The summed E-state index contributed by atoms with van der Waals surface area (Å²) in [5, 5.41) is 0. The SMILES string of the molecule is COC(=O)C(C)CS(=O)c1ccc(F)c(F)c1. The first-order valence-corrected chi connectivity index (χ1v) is 6.19. The molecule has 0 bridgehead atoms. The van der Waals surface area contributed by atoms with E-state index in [0.29, 0.717) is 0 Å². The molecule has 0 saturated carbocycles. The van der Waals surface area contributed by atoms with Crippen molar-refractivity contribution in [2.45, 2.75) is 11.8 Å². The van der Waals surface area contributed by atoms with Crippen LogP contribution in [0.1, 0.15) is 6.92 Å². The zero-order valence-electron chi connectivity index (χ0n) is 9.41. The van der Waals surface area contributed by atoms with Crippen LogP contribution in [0.5, 0.6) is 0 Å². The van der Waals surface area contributed by atoms with Crippen molar-refractivity contribution in [1.29, 1.82) is 0 Å². The van der Waals surface area contributed by atoms with Gasteiger partial charge < -0.3 is 4.74 Å². The maximum Gasteiger partial charge on any atom is 0.309 e. The lowest BCUT2D eigenvalue weighted by atomic mass is 10.2. The van der Waals surface area contributed by atoms with Crippen molar-refractivity contribution in [2.24, 2.45) is 5.92 Å². The number of halogens is 2. The summed E-state index contributed by atoms with van der Waals surface area (Å²) in [6.07, 6.45) is 0. The monoisotopic (exact) mass is 262 g/mol. The fourth-order valence-electron chi connectivity index (χ4n) is 1.21. The van der Waals surface area contributed by atoms with Crippen LogP contribution in [0.25, 0.3) is 0 Å². The quantitative estimate of drug-likeness (QED) is 0.778. The summed E-state index contributed by atoms with van der Waals surface area (Å²) in [6, 6.07) is 3.01. The lowest BCUT2D eigenvalue weighted by molar-refractivity contribution is -0.144. The van der Waals surface area contributed by atoms with E-state index in [1.165, 1.54) is 13.2 Å². The molecule has 0 aromatic heterocycles. The summed E-state index contributed by atoms with van der Waals surface area (Å²) in [4.78, 5) is 11.3. The molecule has 0 amide bonds. The van der Waals surface area contributed by atoms with Crippen molar-refractivity contribution in [1.82, 2.24) is 0 Å². The van der Waals surface area contributed by atoms with E-state index in [9.17, 15) is 17.8 Å². The summed E-state index contributed by atoms with van der Waals surface area (Å²) in [6.45, 7) is 1.56. The van der Waals surface area contributed by atoms with E-state index >= 15 is 0 Å². The van der Waals surface area contributed by atoms with Crippen LogP contribution in [0, 0.1) is 17.6 Å². The topological polar surface area (TPSA) is 43.4 Å². The standard InChI is InChI=1S/C11H12F2O3S/c1-7(11(14)16-2)6-17(15)8-3-4-9(12)10(13)5-8/h3-5,7H,6H2,1-2H3. The van der Waals surface area contributed by atoms with Gasteiger partial charge in [0.25, 0.3) is 0 Å². The molecule has 0 aliphatic heterocycles. The van der Waals surface area contributed by atoms with E-state index in [1.807, 2.05) is 0 Å². The van der Waals surface area contributed by atoms with Crippen LogP contribution in [0.2, 0.25) is 0 Å². The molecule has 0 aliphatic rings. The van der Waals surface area contributed by atoms with Gasteiger partial charge in [-0.3, -0.25) is 9.00 Å². The predicted octanol–water partition coefficient (Wildman–Crippen LogP) is 1.88. The Kier molecular flexibility index (Phi) is 4.74. The summed E-state index contributed by atoms with van der Waals surface area (Å²) >= 11 is 0. The number of hydrogen-bond acceptors (Lipinski definition) is 3. The van der Waals surface area contributed by atoms with Gasteiger partial charge in [-0.25, -0.2) is 8.78 Å². The highest BCUT2D eigenvalue weighted by molar-refractivity contribution is 7.85. The Morgan fingerprint density at radius 3 is 2.59 bits per heavy atom. The van der Waals surface area contributed by atoms with Crippen LogP contribution in [0.3, 0.4) is 0 Å². The van der Waals surface area contributed by atoms with E-state index < -0.39 is 34.3 Å². The molecule has 0 saturated heterocycles. The second-order valence-corrected chi connectivity index (χ2v) is 5.01. The Hall–Kier alpha value is -1.30. The molecule has 17 heavy (non-hydrogen) atoms. The first kappa shape index (κ1) is 13.8. The highest BCUT2D eigenvalue weighted by Gasteiger charge is 2.18. The fraction of sp³-hybridized carbons (Fsp3) is 0.364. The number of carbonyl (C=O) groups is 1. The normalized spacial score (nSPS) is 14.1. The average Bonchev–Trinajstić information content (AvgIpc) is 2.31. The van der Waals surface area contributed by atoms with Gasteiger partial charge in [0.2, 0.25) is 0 Å². The number of methoxy groups -OCH3 is 1. The molecule has 6 heteroatoms. The third kappa shape index (κ3) is 3.59. The molecule has 1 rings (SSSR count). The minimum atomic E-state index is -1.56. The Morgan fingerprint density at radius 1 is 1.41 bits per heavy atom. The molecule has 2 unspecified atom stereocenters. The van der Waals surface area contributed by atoms with Crippen molar-refractivity contribution in [3.8, 4) is 0 Å². The molecule has 0 aliphatic carbocycles. The van der Waals surface area contributed by atoms with Crippen LogP contribution < -0.4 is 0 Å². The molecule has 1 aromatic carbocycles. The van der Waals surface area contributed by atoms with E-state index in [0.717, 1.165) is 12.1 Å². The van der Waals surface area contributed by atoms with Crippen LogP contribution in [-0.2, 0) is 20.3 Å². The van der Waals surface area contributed by atoms with Gasteiger partial charge in [-0.15, -0.1) is 0 Å². The molecule has 0 fully saturated rings. The molecule has 0 spiro atoms. The third-order valence-corrected chi connectivity index (χ3v) is 3.74. The minimum absolute atomic E-state index is 0.0117. The molecular formula is C11H12F2O3S.